The first-order valence-corrected chi connectivity index (χ1v) is 7.69. The number of esters is 1. The van der Waals surface area contributed by atoms with E-state index in [9.17, 15) is 4.79 Å². The van der Waals surface area contributed by atoms with Crippen molar-refractivity contribution in [1.29, 1.82) is 0 Å². The van der Waals surface area contributed by atoms with Crippen LogP contribution in [0.25, 0.3) is 0 Å². The molecule has 0 saturated heterocycles. The molecular formula is C19H20O5. The summed E-state index contributed by atoms with van der Waals surface area (Å²) in [5.41, 5.74) is 2.99. The highest BCUT2D eigenvalue weighted by Crippen LogP contribution is 2.52. The van der Waals surface area contributed by atoms with E-state index in [-0.39, 0.29) is 18.3 Å². The number of ether oxygens (including phenoxy) is 4. The van der Waals surface area contributed by atoms with Gasteiger partial charge in [0, 0.05) is 17.5 Å². The molecule has 0 aromatic heterocycles. The summed E-state index contributed by atoms with van der Waals surface area (Å²) < 4.78 is 21.9. The minimum Gasteiger partial charge on any atom is -0.493 e. The molecule has 0 spiro atoms. The number of carbonyl (C=O) groups excluding carboxylic acids is 1. The Bertz CT molecular complexity index is 782. The third-order valence-corrected chi connectivity index (χ3v) is 4.34. The molecule has 0 bridgehead atoms. The van der Waals surface area contributed by atoms with Crippen molar-refractivity contribution >= 4 is 5.97 Å². The monoisotopic (exact) mass is 328 g/mol. The maximum absolute atomic E-state index is 12.1. The molecule has 1 aliphatic heterocycles. The third-order valence-electron chi connectivity index (χ3n) is 4.34. The lowest BCUT2D eigenvalue weighted by Gasteiger charge is -2.29. The van der Waals surface area contributed by atoms with E-state index >= 15 is 0 Å². The second kappa shape index (κ2) is 6.43. The molecule has 3 rings (SSSR count). The van der Waals surface area contributed by atoms with Gasteiger partial charge in [0.05, 0.1) is 27.8 Å². The molecule has 1 aliphatic rings. The second-order valence-electron chi connectivity index (χ2n) is 5.64. The van der Waals surface area contributed by atoms with Crippen LogP contribution in [-0.2, 0) is 4.79 Å². The van der Waals surface area contributed by atoms with Gasteiger partial charge in [0.1, 0.15) is 5.75 Å². The van der Waals surface area contributed by atoms with Gasteiger partial charge in [-0.3, -0.25) is 4.79 Å². The van der Waals surface area contributed by atoms with Gasteiger partial charge in [-0.15, -0.1) is 0 Å². The molecule has 2 aromatic carbocycles. The van der Waals surface area contributed by atoms with Gasteiger partial charge in [0.25, 0.3) is 0 Å². The molecule has 1 heterocycles. The first-order valence-electron chi connectivity index (χ1n) is 7.69. The maximum Gasteiger partial charge on any atom is 0.312 e. The summed E-state index contributed by atoms with van der Waals surface area (Å²) in [5, 5.41) is 0. The number of aryl methyl sites for hydroxylation is 1. The number of carbonyl (C=O) groups is 1. The molecule has 0 radical (unpaired) electrons. The summed E-state index contributed by atoms with van der Waals surface area (Å²) >= 11 is 0. The summed E-state index contributed by atoms with van der Waals surface area (Å²) in [4.78, 5) is 12.1. The van der Waals surface area contributed by atoms with E-state index in [1.165, 1.54) is 7.11 Å². The molecule has 0 saturated carbocycles. The Morgan fingerprint density at radius 1 is 1.04 bits per heavy atom. The number of methoxy groups -OCH3 is 3. The van der Waals surface area contributed by atoms with E-state index in [4.69, 9.17) is 18.9 Å². The molecule has 0 amide bonds. The van der Waals surface area contributed by atoms with Gasteiger partial charge in [0.15, 0.2) is 11.5 Å². The molecule has 126 valence electrons. The zero-order valence-corrected chi connectivity index (χ0v) is 14.2. The summed E-state index contributed by atoms with van der Waals surface area (Å²) in [6, 6.07) is 9.68. The number of hydrogen-bond acceptors (Lipinski definition) is 5. The Hall–Kier alpha value is -2.69. The van der Waals surface area contributed by atoms with Crippen molar-refractivity contribution < 1.29 is 23.7 Å². The molecule has 5 nitrogen and oxygen atoms in total. The predicted octanol–water partition coefficient (Wildman–Crippen LogP) is 3.46. The average molecular weight is 328 g/mol. The van der Waals surface area contributed by atoms with Crippen LogP contribution in [0.2, 0.25) is 0 Å². The van der Waals surface area contributed by atoms with Gasteiger partial charge in [0.2, 0.25) is 5.75 Å². The van der Waals surface area contributed by atoms with Crippen LogP contribution in [0.4, 0.5) is 0 Å². The summed E-state index contributed by atoms with van der Waals surface area (Å²) in [7, 11) is 4.67. The van der Waals surface area contributed by atoms with Crippen LogP contribution in [-0.4, -0.2) is 27.3 Å². The lowest BCUT2D eigenvalue weighted by atomic mass is 9.83. The lowest BCUT2D eigenvalue weighted by Crippen LogP contribution is -2.22. The highest BCUT2D eigenvalue weighted by Gasteiger charge is 2.35. The molecule has 0 N–H and O–H groups in total. The first kappa shape index (κ1) is 16.2. The van der Waals surface area contributed by atoms with Gasteiger partial charge >= 0.3 is 5.97 Å². The number of hydrogen-bond donors (Lipinski definition) is 0. The fourth-order valence-corrected chi connectivity index (χ4v) is 3.25. The van der Waals surface area contributed by atoms with Gasteiger partial charge in [-0.2, -0.15) is 0 Å². The normalized spacial score (nSPS) is 16.2. The topological polar surface area (TPSA) is 54.0 Å². The summed E-state index contributed by atoms with van der Waals surface area (Å²) in [6.07, 6.45) is 0.254. The molecular weight excluding hydrogens is 308 g/mol. The van der Waals surface area contributed by atoms with Crippen molar-refractivity contribution in [2.24, 2.45) is 0 Å². The van der Waals surface area contributed by atoms with E-state index < -0.39 is 0 Å². The van der Waals surface area contributed by atoms with E-state index in [0.29, 0.717) is 23.0 Å². The zero-order chi connectivity index (χ0) is 17.3. The molecule has 0 aliphatic carbocycles. The van der Waals surface area contributed by atoms with Crippen LogP contribution in [0.15, 0.2) is 30.3 Å². The minimum absolute atomic E-state index is 0.155. The van der Waals surface area contributed by atoms with Crippen molar-refractivity contribution in [2.75, 3.05) is 21.3 Å². The maximum atomic E-state index is 12.1. The van der Waals surface area contributed by atoms with Crippen LogP contribution in [0.1, 0.15) is 29.0 Å². The van der Waals surface area contributed by atoms with Gasteiger partial charge in [-0.25, -0.2) is 0 Å². The average Bonchev–Trinajstić information content (AvgIpc) is 2.59. The van der Waals surface area contributed by atoms with E-state index in [0.717, 1.165) is 16.7 Å². The van der Waals surface area contributed by atoms with Crippen molar-refractivity contribution in [3.8, 4) is 23.0 Å². The van der Waals surface area contributed by atoms with Crippen molar-refractivity contribution in [2.45, 2.75) is 19.3 Å². The largest absolute Gasteiger partial charge is 0.493 e. The third kappa shape index (κ3) is 2.56. The quantitative estimate of drug-likeness (QED) is 0.635. The highest BCUT2D eigenvalue weighted by atomic mass is 16.5. The Morgan fingerprint density at radius 2 is 1.75 bits per heavy atom. The van der Waals surface area contributed by atoms with Crippen LogP contribution >= 0.6 is 0 Å². The molecule has 0 unspecified atom stereocenters. The van der Waals surface area contributed by atoms with E-state index in [2.05, 4.69) is 0 Å². The minimum atomic E-state index is -0.273. The number of benzene rings is 2. The SMILES string of the molecule is COc1cc2c(c(OC)c1OC)[C@@H](c1ccccc1C)CC(=O)O2. The van der Waals surface area contributed by atoms with Crippen molar-refractivity contribution in [1.82, 2.24) is 0 Å². The number of rotatable bonds is 4. The second-order valence-corrected chi connectivity index (χ2v) is 5.64. The molecule has 2 aromatic rings. The summed E-state index contributed by atoms with van der Waals surface area (Å²) in [6.45, 7) is 2.03. The summed E-state index contributed by atoms with van der Waals surface area (Å²) in [5.74, 6) is 1.52. The predicted molar refractivity (Wildman–Crippen MR) is 89.4 cm³/mol. The molecule has 24 heavy (non-hydrogen) atoms. The van der Waals surface area contributed by atoms with Crippen LogP contribution in [0, 0.1) is 6.92 Å². The van der Waals surface area contributed by atoms with Gasteiger partial charge in [-0.1, -0.05) is 24.3 Å². The van der Waals surface area contributed by atoms with Crippen molar-refractivity contribution in [3.63, 3.8) is 0 Å². The smallest absolute Gasteiger partial charge is 0.312 e. The fraction of sp³-hybridized carbons (Fsp3) is 0.316. The standard InChI is InChI=1S/C19H20O5/c1-11-7-5-6-8-12(11)13-9-16(20)24-14-10-15(21-2)18(22-3)19(23-4)17(13)14/h5-8,10,13H,9H2,1-4H3/t13-/m1/s1. The Morgan fingerprint density at radius 3 is 2.38 bits per heavy atom. The Labute approximate surface area is 141 Å². The Balaban J connectivity index is 2.28. The van der Waals surface area contributed by atoms with Crippen molar-refractivity contribution in [3.05, 3.63) is 47.0 Å². The Kier molecular flexibility index (Phi) is 4.34. The highest BCUT2D eigenvalue weighted by molar-refractivity contribution is 5.80. The fourth-order valence-electron chi connectivity index (χ4n) is 3.25. The molecule has 0 fully saturated rings. The van der Waals surface area contributed by atoms with Gasteiger partial charge < -0.3 is 18.9 Å². The molecule has 1 atom stereocenters. The first-order chi connectivity index (χ1) is 11.6. The zero-order valence-electron chi connectivity index (χ0n) is 14.2. The number of fused-ring (bicyclic) bond motifs is 1. The molecule has 5 heteroatoms. The van der Waals surface area contributed by atoms with Crippen LogP contribution in [0.3, 0.4) is 0 Å². The van der Waals surface area contributed by atoms with Gasteiger partial charge in [-0.05, 0) is 18.1 Å². The van der Waals surface area contributed by atoms with Crippen LogP contribution in [0.5, 0.6) is 23.0 Å². The van der Waals surface area contributed by atoms with E-state index in [1.54, 1.807) is 20.3 Å². The van der Waals surface area contributed by atoms with Crippen LogP contribution < -0.4 is 18.9 Å². The lowest BCUT2D eigenvalue weighted by molar-refractivity contribution is -0.135. The van der Waals surface area contributed by atoms with E-state index in [1.807, 2.05) is 31.2 Å².